The monoisotopic (exact) mass is 310 g/mol. The summed E-state index contributed by atoms with van der Waals surface area (Å²) in [4.78, 5) is 4.28. The van der Waals surface area contributed by atoms with Crippen LogP contribution in [-0.2, 0) is 13.2 Å². The average Bonchev–Trinajstić information content (AvgIpc) is 3.24. The largest absolute Gasteiger partial charge is 0.493 e. The first kappa shape index (κ1) is 14.2. The second kappa shape index (κ2) is 5.91. The van der Waals surface area contributed by atoms with E-state index in [1.54, 1.807) is 12.1 Å². The predicted octanol–water partition coefficient (Wildman–Crippen LogP) is 2.68. The molecule has 112 valence electrons. The molecule has 21 heavy (non-hydrogen) atoms. The van der Waals surface area contributed by atoms with Crippen LogP contribution in [0.4, 0.5) is 0 Å². The molecule has 0 atom stereocenters. The van der Waals surface area contributed by atoms with E-state index < -0.39 is 0 Å². The number of aliphatic hydroxyl groups excluding tert-OH is 1. The molecule has 1 aliphatic rings. The number of nitrogens with zero attached hydrogens (tertiary/aromatic N) is 2. The number of aliphatic hydroxyl groups is 1. The van der Waals surface area contributed by atoms with Gasteiger partial charge >= 0.3 is 0 Å². The van der Waals surface area contributed by atoms with Gasteiger partial charge < -0.3 is 19.1 Å². The number of methoxy groups -OCH3 is 1. The van der Waals surface area contributed by atoms with E-state index in [0.29, 0.717) is 39.7 Å². The Balaban J connectivity index is 1.76. The SMILES string of the molecule is COc1cc(Cl)cc(CO)c1OCc1noc(C2CC2)n1. The smallest absolute Gasteiger partial charge is 0.229 e. The molecule has 1 aromatic heterocycles. The van der Waals surface area contributed by atoms with Crippen molar-refractivity contribution in [2.45, 2.75) is 32.0 Å². The molecule has 1 saturated carbocycles. The molecule has 0 saturated heterocycles. The summed E-state index contributed by atoms with van der Waals surface area (Å²) in [5.41, 5.74) is 0.547. The van der Waals surface area contributed by atoms with Gasteiger partial charge in [-0.25, -0.2) is 0 Å². The Morgan fingerprint density at radius 2 is 2.24 bits per heavy atom. The highest BCUT2D eigenvalue weighted by Gasteiger charge is 2.29. The van der Waals surface area contributed by atoms with Crippen molar-refractivity contribution in [1.82, 2.24) is 10.1 Å². The van der Waals surface area contributed by atoms with Gasteiger partial charge in [0.25, 0.3) is 0 Å². The minimum Gasteiger partial charge on any atom is -0.493 e. The molecule has 1 fully saturated rings. The Labute approximate surface area is 126 Å². The van der Waals surface area contributed by atoms with Gasteiger partial charge in [0.1, 0.15) is 0 Å². The van der Waals surface area contributed by atoms with Crippen LogP contribution in [-0.4, -0.2) is 22.4 Å². The van der Waals surface area contributed by atoms with Crippen molar-refractivity contribution < 1.29 is 19.1 Å². The number of hydrogen-bond acceptors (Lipinski definition) is 6. The zero-order valence-corrected chi connectivity index (χ0v) is 12.3. The van der Waals surface area contributed by atoms with Crippen LogP contribution in [0.25, 0.3) is 0 Å². The third-order valence-corrected chi connectivity index (χ3v) is 3.46. The molecule has 0 radical (unpaired) electrons. The average molecular weight is 311 g/mol. The quantitative estimate of drug-likeness (QED) is 0.884. The summed E-state index contributed by atoms with van der Waals surface area (Å²) in [6.07, 6.45) is 2.20. The van der Waals surface area contributed by atoms with Crippen molar-refractivity contribution in [2.24, 2.45) is 0 Å². The Bertz CT molecular complexity index is 615. The van der Waals surface area contributed by atoms with E-state index in [0.717, 1.165) is 12.8 Å². The minimum atomic E-state index is -0.203. The van der Waals surface area contributed by atoms with Crippen molar-refractivity contribution in [3.63, 3.8) is 0 Å². The zero-order valence-electron chi connectivity index (χ0n) is 11.5. The van der Waals surface area contributed by atoms with Gasteiger partial charge in [-0.3, -0.25) is 0 Å². The standard InChI is InChI=1S/C14H15ClN2O4/c1-19-11-5-10(15)4-9(6-18)13(11)20-7-12-16-14(21-17-12)8-2-3-8/h4-5,8,18H,2-3,6-7H2,1H3. The van der Waals surface area contributed by atoms with Crippen LogP contribution in [0.5, 0.6) is 11.5 Å². The maximum atomic E-state index is 9.40. The lowest BCUT2D eigenvalue weighted by molar-refractivity contribution is 0.243. The molecule has 1 aromatic carbocycles. The Kier molecular flexibility index (Phi) is 3.98. The highest BCUT2D eigenvalue weighted by atomic mass is 35.5. The number of benzene rings is 1. The molecule has 0 unspecified atom stereocenters. The van der Waals surface area contributed by atoms with Crippen LogP contribution in [0, 0.1) is 0 Å². The van der Waals surface area contributed by atoms with Gasteiger partial charge in [0, 0.05) is 22.6 Å². The molecule has 6 nitrogen and oxygen atoms in total. The first-order valence-corrected chi connectivity index (χ1v) is 7.01. The zero-order chi connectivity index (χ0) is 14.8. The minimum absolute atomic E-state index is 0.140. The van der Waals surface area contributed by atoms with Crippen molar-refractivity contribution >= 4 is 11.6 Å². The molecule has 0 amide bonds. The highest BCUT2D eigenvalue weighted by Crippen LogP contribution is 2.39. The van der Waals surface area contributed by atoms with Gasteiger partial charge in [0.2, 0.25) is 11.7 Å². The molecule has 1 aliphatic carbocycles. The maximum Gasteiger partial charge on any atom is 0.229 e. The number of rotatable bonds is 6. The van der Waals surface area contributed by atoms with Gasteiger partial charge in [0.15, 0.2) is 18.1 Å². The first-order valence-electron chi connectivity index (χ1n) is 6.63. The van der Waals surface area contributed by atoms with E-state index in [9.17, 15) is 5.11 Å². The first-order chi connectivity index (χ1) is 10.2. The second-order valence-corrected chi connectivity index (χ2v) is 5.30. The molecular weight excluding hydrogens is 296 g/mol. The van der Waals surface area contributed by atoms with E-state index >= 15 is 0 Å². The lowest BCUT2D eigenvalue weighted by Gasteiger charge is -2.13. The number of aromatic nitrogens is 2. The van der Waals surface area contributed by atoms with Crippen molar-refractivity contribution in [3.05, 3.63) is 34.4 Å². The summed E-state index contributed by atoms with van der Waals surface area (Å²) in [6, 6.07) is 3.26. The van der Waals surface area contributed by atoms with Gasteiger partial charge in [-0.1, -0.05) is 16.8 Å². The van der Waals surface area contributed by atoms with E-state index in [-0.39, 0.29) is 13.2 Å². The Hall–Kier alpha value is -1.79. The molecule has 0 spiro atoms. The molecule has 7 heteroatoms. The van der Waals surface area contributed by atoms with Gasteiger partial charge in [-0.05, 0) is 18.9 Å². The van der Waals surface area contributed by atoms with Crippen LogP contribution in [0.3, 0.4) is 0 Å². The van der Waals surface area contributed by atoms with Crippen LogP contribution in [0.15, 0.2) is 16.7 Å². The number of halogens is 1. The second-order valence-electron chi connectivity index (χ2n) is 4.87. The molecule has 0 aliphatic heterocycles. The maximum absolute atomic E-state index is 9.40. The molecule has 3 rings (SSSR count). The van der Waals surface area contributed by atoms with Gasteiger partial charge in [-0.15, -0.1) is 0 Å². The lowest BCUT2D eigenvalue weighted by Crippen LogP contribution is -2.03. The van der Waals surface area contributed by atoms with E-state index in [2.05, 4.69) is 10.1 Å². The number of ether oxygens (including phenoxy) is 2. The third-order valence-electron chi connectivity index (χ3n) is 3.24. The predicted molar refractivity (Wildman–Crippen MR) is 74.5 cm³/mol. The fraction of sp³-hybridized carbons (Fsp3) is 0.429. The van der Waals surface area contributed by atoms with Crippen LogP contribution in [0.1, 0.15) is 36.0 Å². The normalized spacial score (nSPS) is 14.2. The summed E-state index contributed by atoms with van der Waals surface area (Å²) in [5.74, 6) is 2.43. The fourth-order valence-corrected chi connectivity index (χ4v) is 2.25. The van der Waals surface area contributed by atoms with Crippen LogP contribution in [0.2, 0.25) is 5.02 Å². The van der Waals surface area contributed by atoms with Crippen molar-refractivity contribution in [1.29, 1.82) is 0 Å². The fourth-order valence-electron chi connectivity index (χ4n) is 2.01. The number of hydrogen-bond donors (Lipinski definition) is 1. The molecular formula is C14H15ClN2O4. The van der Waals surface area contributed by atoms with Gasteiger partial charge in [-0.2, -0.15) is 4.98 Å². The molecule has 1 heterocycles. The Morgan fingerprint density at radius 1 is 1.43 bits per heavy atom. The summed E-state index contributed by atoms with van der Waals surface area (Å²) < 4.78 is 16.1. The van der Waals surface area contributed by atoms with Crippen molar-refractivity contribution in [3.8, 4) is 11.5 Å². The van der Waals surface area contributed by atoms with E-state index in [4.69, 9.17) is 25.6 Å². The van der Waals surface area contributed by atoms with E-state index in [1.807, 2.05) is 0 Å². The van der Waals surface area contributed by atoms with Crippen LogP contribution >= 0.6 is 11.6 Å². The summed E-state index contributed by atoms with van der Waals surface area (Å²) in [7, 11) is 1.51. The third kappa shape index (κ3) is 3.11. The lowest BCUT2D eigenvalue weighted by atomic mass is 10.2. The topological polar surface area (TPSA) is 77.6 Å². The van der Waals surface area contributed by atoms with Crippen molar-refractivity contribution in [2.75, 3.05) is 7.11 Å². The molecule has 2 aromatic rings. The Morgan fingerprint density at radius 3 is 2.90 bits per heavy atom. The van der Waals surface area contributed by atoms with Gasteiger partial charge in [0.05, 0.1) is 13.7 Å². The van der Waals surface area contributed by atoms with Crippen LogP contribution < -0.4 is 9.47 Å². The molecule has 1 N–H and O–H groups in total. The highest BCUT2D eigenvalue weighted by molar-refractivity contribution is 6.30. The summed E-state index contributed by atoms with van der Waals surface area (Å²) in [5, 5.41) is 13.8. The van der Waals surface area contributed by atoms with E-state index in [1.165, 1.54) is 7.11 Å². The summed E-state index contributed by atoms with van der Waals surface area (Å²) in [6.45, 7) is -0.0625. The molecule has 0 bridgehead atoms. The summed E-state index contributed by atoms with van der Waals surface area (Å²) >= 11 is 5.96.